The average Bonchev–Trinajstić information content (AvgIpc) is 2.91. The summed E-state index contributed by atoms with van der Waals surface area (Å²) in [4.78, 5) is 0. The summed E-state index contributed by atoms with van der Waals surface area (Å²) in [5.74, 6) is -0.967. The van der Waals surface area contributed by atoms with E-state index in [4.69, 9.17) is 0 Å². The molecule has 1 fully saturated rings. The van der Waals surface area contributed by atoms with Crippen LogP contribution in [0.2, 0.25) is 0 Å². The molecule has 1 aromatic heterocycles. The number of halogens is 1. The van der Waals surface area contributed by atoms with Gasteiger partial charge in [-0.05, 0) is 24.8 Å². The standard InChI is InChI=1S/C16H20FN3O3S/c1-20-9-13(8-18-20)16(12-6-14(21)7-12)19-24(22,23)10-11-4-2-3-5-15(11)17/h2-5,8-9,12,14,16,19,21H,6-7,10H2,1H3/t12?,14?,16-/m0/s1. The summed E-state index contributed by atoms with van der Waals surface area (Å²) in [5, 5.41) is 13.6. The van der Waals surface area contributed by atoms with E-state index in [1.54, 1.807) is 30.2 Å². The zero-order valence-corrected chi connectivity index (χ0v) is 14.1. The predicted octanol–water partition coefficient (Wildman–Crippen LogP) is 1.49. The third-order valence-electron chi connectivity index (χ3n) is 4.31. The minimum absolute atomic E-state index is 0.000375. The number of aliphatic hydroxyl groups excluding tert-OH is 1. The second kappa shape index (κ2) is 6.62. The molecule has 1 aliphatic carbocycles. The number of sulfonamides is 1. The lowest BCUT2D eigenvalue weighted by atomic mass is 9.76. The topological polar surface area (TPSA) is 84.2 Å². The van der Waals surface area contributed by atoms with Gasteiger partial charge in [-0.25, -0.2) is 17.5 Å². The van der Waals surface area contributed by atoms with Crippen LogP contribution in [0.5, 0.6) is 0 Å². The number of aromatic nitrogens is 2. The number of benzene rings is 1. The van der Waals surface area contributed by atoms with Crippen LogP contribution >= 0.6 is 0 Å². The molecule has 1 saturated carbocycles. The van der Waals surface area contributed by atoms with E-state index in [2.05, 4.69) is 9.82 Å². The van der Waals surface area contributed by atoms with Crippen molar-refractivity contribution in [1.82, 2.24) is 14.5 Å². The van der Waals surface area contributed by atoms with Gasteiger partial charge in [0.15, 0.2) is 0 Å². The summed E-state index contributed by atoms with van der Waals surface area (Å²) in [6.45, 7) is 0. The van der Waals surface area contributed by atoms with E-state index in [0.717, 1.165) is 5.56 Å². The SMILES string of the molecule is Cn1cc([C@@H](NS(=O)(=O)Cc2ccccc2F)C2CC(O)C2)cn1. The highest BCUT2D eigenvalue weighted by atomic mass is 32.2. The highest BCUT2D eigenvalue weighted by molar-refractivity contribution is 7.88. The molecule has 2 N–H and O–H groups in total. The average molecular weight is 353 g/mol. The van der Waals surface area contributed by atoms with Gasteiger partial charge in [-0.1, -0.05) is 18.2 Å². The molecule has 0 spiro atoms. The summed E-state index contributed by atoms with van der Waals surface area (Å²) in [7, 11) is -1.99. The Labute approximate surface area is 140 Å². The molecule has 0 radical (unpaired) electrons. The van der Waals surface area contributed by atoms with Gasteiger partial charge in [-0.15, -0.1) is 0 Å². The van der Waals surface area contributed by atoms with Gasteiger partial charge in [0.05, 0.1) is 24.1 Å². The number of aryl methyl sites for hydroxylation is 1. The predicted molar refractivity (Wildman–Crippen MR) is 86.8 cm³/mol. The molecule has 0 unspecified atom stereocenters. The molecule has 3 rings (SSSR count). The van der Waals surface area contributed by atoms with Crippen molar-refractivity contribution < 1.29 is 17.9 Å². The van der Waals surface area contributed by atoms with Crippen LogP contribution in [0.25, 0.3) is 0 Å². The Balaban J connectivity index is 1.80. The van der Waals surface area contributed by atoms with E-state index < -0.39 is 33.7 Å². The van der Waals surface area contributed by atoms with E-state index in [0.29, 0.717) is 12.8 Å². The highest BCUT2D eigenvalue weighted by Crippen LogP contribution is 2.38. The summed E-state index contributed by atoms with van der Waals surface area (Å²) in [6, 6.07) is 5.35. The first-order valence-corrected chi connectivity index (χ1v) is 9.39. The van der Waals surface area contributed by atoms with Crippen LogP contribution in [0.1, 0.15) is 30.0 Å². The number of rotatable bonds is 6. The van der Waals surface area contributed by atoms with Crippen molar-refractivity contribution >= 4 is 10.0 Å². The number of nitrogens with one attached hydrogen (secondary N) is 1. The zero-order chi connectivity index (χ0) is 17.3. The molecular weight excluding hydrogens is 333 g/mol. The van der Waals surface area contributed by atoms with Crippen LogP contribution in [0.15, 0.2) is 36.7 Å². The number of aliphatic hydroxyl groups is 1. The van der Waals surface area contributed by atoms with Crippen molar-refractivity contribution in [2.24, 2.45) is 13.0 Å². The molecule has 24 heavy (non-hydrogen) atoms. The lowest BCUT2D eigenvalue weighted by Gasteiger charge is -2.37. The van der Waals surface area contributed by atoms with Crippen molar-refractivity contribution in [1.29, 1.82) is 0 Å². The Morgan fingerprint density at radius 3 is 2.71 bits per heavy atom. The third-order valence-corrected chi connectivity index (χ3v) is 5.62. The lowest BCUT2D eigenvalue weighted by Crippen LogP contribution is -2.41. The fraction of sp³-hybridized carbons (Fsp3) is 0.438. The van der Waals surface area contributed by atoms with Crippen molar-refractivity contribution in [3.8, 4) is 0 Å². The van der Waals surface area contributed by atoms with E-state index in [1.807, 2.05) is 0 Å². The molecule has 1 aromatic carbocycles. The molecule has 6 nitrogen and oxygen atoms in total. The maximum atomic E-state index is 13.7. The smallest absolute Gasteiger partial charge is 0.216 e. The van der Waals surface area contributed by atoms with Crippen molar-refractivity contribution in [3.05, 3.63) is 53.6 Å². The monoisotopic (exact) mass is 353 g/mol. The molecular formula is C16H20FN3O3S. The fourth-order valence-electron chi connectivity index (χ4n) is 2.99. The fourth-order valence-corrected chi connectivity index (χ4v) is 4.44. The molecule has 130 valence electrons. The minimum atomic E-state index is -3.74. The Morgan fingerprint density at radius 1 is 1.42 bits per heavy atom. The summed E-state index contributed by atoms with van der Waals surface area (Å²) in [5.41, 5.74) is 0.870. The van der Waals surface area contributed by atoms with Crippen molar-refractivity contribution in [2.75, 3.05) is 0 Å². The van der Waals surface area contributed by atoms with Crippen molar-refractivity contribution in [2.45, 2.75) is 30.7 Å². The van der Waals surface area contributed by atoms with Gasteiger partial charge < -0.3 is 5.11 Å². The normalized spacial score (nSPS) is 22.1. The van der Waals surface area contributed by atoms with Crippen LogP contribution in [0.4, 0.5) is 4.39 Å². The number of hydrogen-bond acceptors (Lipinski definition) is 4. The molecule has 2 aromatic rings. The van der Waals surface area contributed by atoms with Gasteiger partial charge in [-0.3, -0.25) is 4.68 Å². The Hall–Kier alpha value is -1.77. The lowest BCUT2D eigenvalue weighted by molar-refractivity contribution is 0.0280. The first-order chi connectivity index (χ1) is 11.3. The van der Waals surface area contributed by atoms with Gasteiger partial charge in [0, 0.05) is 24.4 Å². The molecule has 1 heterocycles. The van der Waals surface area contributed by atoms with Crippen LogP contribution in [-0.2, 0) is 22.8 Å². The third kappa shape index (κ3) is 3.82. The van der Waals surface area contributed by atoms with Crippen LogP contribution in [-0.4, -0.2) is 29.4 Å². The molecule has 0 bridgehead atoms. The molecule has 0 amide bonds. The maximum Gasteiger partial charge on any atom is 0.216 e. The van der Waals surface area contributed by atoms with Crippen LogP contribution < -0.4 is 4.72 Å². The second-order valence-corrected chi connectivity index (χ2v) is 8.03. The van der Waals surface area contributed by atoms with Crippen LogP contribution in [0, 0.1) is 11.7 Å². The zero-order valence-electron chi connectivity index (χ0n) is 13.3. The quantitative estimate of drug-likeness (QED) is 0.824. The second-order valence-electron chi connectivity index (χ2n) is 6.28. The van der Waals surface area contributed by atoms with Gasteiger partial charge in [0.1, 0.15) is 5.82 Å². The first-order valence-electron chi connectivity index (χ1n) is 7.74. The Kier molecular flexibility index (Phi) is 4.71. The number of hydrogen-bond donors (Lipinski definition) is 2. The molecule has 0 aliphatic heterocycles. The maximum absolute atomic E-state index is 13.7. The minimum Gasteiger partial charge on any atom is -0.393 e. The summed E-state index contributed by atoms with van der Waals surface area (Å²) >= 11 is 0. The molecule has 8 heteroatoms. The molecule has 1 aliphatic rings. The highest BCUT2D eigenvalue weighted by Gasteiger charge is 2.37. The van der Waals surface area contributed by atoms with Gasteiger partial charge in [0.25, 0.3) is 0 Å². The summed E-state index contributed by atoms with van der Waals surface area (Å²) < 4.78 is 43.0. The van der Waals surface area contributed by atoms with E-state index in [9.17, 15) is 17.9 Å². The number of nitrogens with zero attached hydrogens (tertiary/aromatic N) is 2. The van der Waals surface area contributed by atoms with Crippen LogP contribution in [0.3, 0.4) is 0 Å². The van der Waals surface area contributed by atoms with Gasteiger partial charge >= 0.3 is 0 Å². The molecule has 1 atom stereocenters. The Morgan fingerprint density at radius 2 is 2.12 bits per heavy atom. The van der Waals surface area contributed by atoms with E-state index in [1.165, 1.54) is 18.2 Å². The first kappa shape index (κ1) is 17.1. The van der Waals surface area contributed by atoms with Crippen molar-refractivity contribution in [3.63, 3.8) is 0 Å². The largest absolute Gasteiger partial charge is 0.393 e. The van der Waals surface area contributed by atoms with E-state index >= 15 is 0 Å². The van der Waals surface area contributed by atoms with E-state index in [-0.39, 0.29) is 11.5 Å². The Bertz CT molecular complexity index is 815. The van der Waals surface area contributed by atoms with Gasteiger partial charge in [-0.2, -0.15) is 5.10 Å². The molecule has 0 saturated heterocycles. The summed E-state index contributed by atoms with van der Waals surface area (Å²) in [6.07, 6.45) is 4.02. The van der Waals surface area contributed by atoms with Gasteiger partial charge in [0.2, 0.25) is 10.0 Å².